The van der Waals surface area contributed by atoms with Gasteiger partial charge in [-0.2, -0.15) is 0 Å². The van der Waals surface area contributed by atoms with Crippen molar-refractivity contribution in [1.29, 1.82) is 0 Å². The molecule has 0 saturated carbocycles. The summed E-state index contributed by atoms with van der Waals surface area (Å²) in [5.74, 6) is -3.47. The molecule has 0 bridgehead atoms. The quantitative estimate of drug-likeness (QED) is 0.195. The predicted octanol–water partition coefficient (Wildman–Crippen LogP) is 9.65. The number of aromatic nitrogens is 2. The number of nitrogens with zero attached hydrogens (tertiary/aromatic N) is 3. The van der Waals surface area contributed by atoms with E-state index in [4.69, 9.17) is 32.7 Å². The normalized spacial score (nSPS) is 11.4. The lowest BCUT2D eigenvalue weighted by Crippen LogP contribution is -2.36. The number of carbonyl (C=O) groups excluding carboxylic acids is 2. The molecule has 286 valence electrons. The van der Waals surface area contributed by atoms with Gasteiger partial charge in [0.2, 0.25) is 0 Å². The number of carbonyl (C=O) groups is 2. The Hall–Kier alpha value is -4.82. The van der Waals surface area contributed by atoms with E-state index in [1.807, 2.05) is 0 Å². The van der Waals surface area contributed by atoms with Crippen molar-refractivity contribution in [2.24, 2.45) is 0 Å². The molecule has 53 heavy (non-hydrogen) atoms. The highest BCUT2D eigenvalue weighted by molar-refractivity contribution is 6.31. The summed E-state index contributed by atoms with van der Waals surface area (Å²) in [5.41, 5.74) is -3.84. The number of ether oxygens (including phenoxy) is 2. The van der Waals surface area contributed by atoms with Crippen LogP contribution in [-0.4, -0.2) is 39.6 Å². The minimum Gasteiger partial charge on any atom is -0.444 e. The molecule has 0 saturated heterocycles. The van der Waals surface area contributed by atoms with Gasteiger partial charge in [-0.25, -0.2) is 27.2 Å². The Morgan fingerprint density at radius 1 is 0.717 bits per heavy atom. The van der Waals surface area contributed by atoms with Gasteiger partial charge in [0.15, 0.2) is 0 Å². The SMILES string of the molecule is CCn1c(-c2c(F)cccc2F)c(N(C)C(=O)OC(C)(C)C)cc(Cl)c1=O.CCn1c(-c2c(F)cccc2F)c(NC(=O)OC(C)(C)C)cc(Cl)c1=O. The molecule has 0 atom stereocenters. The van der Waals surface area contributed by atoms with Crippen molar-refractivity contribution in [3.05, 3.63) is 103 Å². The molecule has 1 N–H and O–H groups in total. The molecule has 0 unspecified atom stereocenters. The number of pyridine rings is 2. The summed E-state index contributed by atoms with van der Waals surface area (Å²) < 4.78 is 70.3. The van der Waals surface area contributed by atoms with Crippen molar-refractivity contribution in [3.8, 4) is 22.5 Å². The van der Waals surface area contributed by atoms with E-state index >= 15 is 0 Å². The molecule has 0 aliphatic carbocycles. The first-order chi connectivity index (χ1) is 24.5. The van der Waals surface area contributed by atoms with E-state index in [0.29, 0.717) is 0 Å². The maximum absolute atomic E-state index is 14.5. The second-order valence-corrected chi connectivity index (χ2v) is 14.3. The first kappa shape index (κ1) is 42.6. The molecule has 2 aromatic heterocycles. The number of hydrogen-bond acceptors (Lipinski definition) is 6. The molecule has 0 spiro atoms. The Balaban J connectivity index is 0.000000286. The van der Waals surface area contributed by atoms with Crippen LogP contribution in [0.4, 0.5) is 38.5 Å². The fourth-order valence-electron chi connectivity index (χ4n) is 5.03. The van der Waals surface area contributed by atoms with Crippen LogP contribution in [0.5, 0.6) is 0 Å². The number of nitrogens with one attached hydrogen (secondary N) is 1. The Kier molecular flexibility index (Phi) is 13.6. The van der Waals surface area contributed by atoms with Crippen molar-refractivity contribution in [1.82, 2.24) is 9.13 Å². The fraction of sp³-hybridized carbons (Fsp3) is 0.351. The van der Waals surface area contributed by atoms with Crippen LogP contribution >= 0.6 is 23.2 Å². The van der Waals surface area contributed by atoms with Gasteiger partial charge in [-0.3, -0.25) is 19.8 Å². The Morgan fingerprint density at radius 3 is 1.53 bits per heavy atom. The van der Waals surface area contributed by atoms with E-state index < -0.39 is 68.9 Å². The molecule has 2 amide bonds. The Bertz CT molecular complexity index is 2100. The lowest BCUT2D eigenvalue weighted by Gasteiger charge is -2.27. The van der Waals surface area contributed by atoms with Crippen LogP contribution in [0, 0.1) is 23.3 Å². The predicted molar refractivity (Wildman–Crippen MR) is 198 cm³/mol. The average molecular weight is 784 g/mol. The highest BCUT2D eigenvalue weighted by atomic mass is 35.5. The van der Waals surface area contributed by atoms with Crippen LogP contribution in [0.3, 0.4) is 0 Å². The molecule has 10 nitrogen and oxygen atoms in total. The van der Waals surface area contributed by atoms with E-state index in [1.165, 1.54) is 25.2 Å². The average Bonchev–Trinajstić information content (AvgIpc) is 3.03. The van der Waals surface area contributed by atoms with Crippen molar-refractivity contribution in [2.45, 2.75) is 79.7 Å². The molecule has 0 aliphatic rings. The van der Waals surface area contributed by atoms with Gasteiger partial charge in [0.25, 0.3) is 11.1 Å². The zero-order valence-electron chi connectivity index (χ0n) is 30.6. The Morgan fingerprint density at radius 2 is 1.11 bits per heavy atom. The van der Waals surface area contributed by atoms with Crippen molar-refractivity contribution in [2.75, 3.05) is 17.3 Å². The smallest absolute Gasteiger partial charge is 0.414 e. The van der Waals surface area contributed by atoms with Gasteiger partial charge >= 0.3 is 12.2 Å². The van der Waals surface area contributed by atoms with Gasteiger partial charge in [-0.05, 0) is 91.8 Å². The monoisotopic (exact) mass is 782 g/mol. The summed E-state index contributed by atoms with van der Waals surface area (Å²) in [5, 5.41) is 2.05. The van der Waals surface area contributed by atoms with Crippen LogP contribution in [0.1, 0.15) is 55.4 Å². The van der Waals surface area contributed by atoms with E-state index in [2.05, 4.69) is 5.32 Å². The van der Waals surface area contributed by atoms with Crippen LogP contribution in [0.2, 0.25) is 10.0 Å². The summed E-state index contributed by atoms with van der Waals surface area (Å²) in [7, 11) is 1.38. The lowest BCUT2D eigenvalue weighted by molar-refractivity contribution is 0.0587. The van der Waals surface area contributed by atoms with E-state index in [-0.39, 0.29) is 45.9 Å². The maximum Gasteiger partial charge on any atom is 0.414 e. The van der Waals surface area contributed by atoms with Crippen molar-refractivity contribution in [3.63, 3.8) is 0 Å². The van der Waals surface area contributed by atoms with Gasteiger partial charge in [0.1, 0.15) is 44.5 Å². The second-order valence-electron chi connectivity index (χ2n) is 13.4. The second kappa shape index (κ2) is 16.9. The number of anilines is 2. The largest absolute Gasteiger partial charge is 0.444 e. The summed E-state index contributed by atoms with van der Waals surface area (Å²) in [6.07, 6.45) is -1.59. The molecule has 0 radical (unpaired) electrons. The number of rotatable bonds is 6. The summed E-state index contributed by atoms with van der Waals surface area (Å²) in [6, 6.07) is 9.07. The first-order valence-electron chi connectivity index (χ1n) is 16.2. The standard InChI is InChI=1S/C19H21ClF2N2O3.C18H19ClF2N2O3/c1-6-24-16(15-12(21)8-7-9-13(15)22)14(10-11(20)17(24)25)23(5)18(26)27-19(2,3)4;1-5-23-15(14-11(20)7-6-8-12(14)21)13(9-10(19)16(23)24)22-17(25)26-18(2,3)4/h7-10H,6H2,1-5H3;6-9H,5H2,1-4H3,(H,22,25). The van der Waals surface area contributed by atoms with E-state index in [0.717, 1.165) is 44.4 Å². The van der Waals surface area contributed by atoms with Gasteiger partial charge in [-0.1, -0.05) is 35.3 Å². The number of amides is 2. The third-order valence-electron chi connectivity index (χ3n) is 7.17. The van der Waals surface area contributed by atoms with E-state index in [1.54, 1.807) is 55.4 Å². The van der Waals surface area contributed by atoms with Crippen LogP contribution < -0.4 is 21.3 Å². The highest BCUT2D eigenvalue weighted by Gasteiger charge is 2.28. The summed E-state index contributed by atoms with van der Waals surface area (Å²) in [4.78, 5) is 50.5. The molecular weight excluding hydrogens is 743 g/mol. The zero-order chi connectivity index (χ0) is 40.2. The van der Waals surface area contributed by atoms with Gasteiger partial charge in [-0.15, -0.1) is 0 Å². The Labute approximate surface area is 313 Å². The first-order valence-corrected chi connectivity index (χ1v) is 17.0. The maximum atomic E-state index is 14.5. The molecule has 4 rings (SSSR count). The van der Waals surface area contributed by atoms with Crippen LogP contribution in [-0.2, 0) is 22.6 Å². The lowest BCUT2D eigenvalue weighted by atomic mass is 10.1. The third-order valence-corrected chi connectivity index (χ3v) is 7.71. The fourth-order valence-corrected chi connectivity index (χ4v) is 5.45. The summed E-state index contributed by atoms with van der Waals surface area (Å²) in [6.45, 7) is 13.5. The molecule has 16 heteroatoms. The molecule has 0 aliphatic heterocycles. The van der Waals surface area contributed by atoms with Crippen LogP contribution in [0.25, 0.3) is 22.5 Å². The molecule has 4 aromatic rings. The summed E-state index contributed by atoms with van der Waals surface area (Å²) >= 11 is 12.0. The topological polar surface area (TPSA) is 112 Å². The minimum absolute atomic E-state index is 0.0327. The van der Waals surface area contributed by atoms with Gasteiger partial charge in [0, 0.05) is 20.1 Å². The highest BCUT2D eigenvalue weighted by Crippen LogP contribution is 2.36. The van der Waals surface area contributed by atoms with Gasteiger partial charge < -0.3 is 18.6 Å². The molecular formula is C37H40Cl2F4N4O6. The van der Waals surface area contributed by atoms with Crippen LogP contribution in [0.15, 0.2) is 58.1 Å². The van der Waals surface area contributed by atoms with Crippen molar-refractivity contribution >= 4 is 46.8 Å². The van der Waals surface area contributed by atoms with E-state index in [9.17, 15) is 36.7 Å². The molecule has 2 aromatic carbocycles. The van der Waals surface area contributed by atoms with Gasteiger partial charge in [0.05, 0.1) is 33.9 Å². The van der Waals surface area contributed by atoms with Crippen molar-refractivity contribution < 1.29 is 36.6 Å². The third kappa shape index (κ3) is 10.2. The molecule has 2 heterocycles. The zero-order valence-corrected chi connectivity index (χ0v) is 32.1. The number of hydrogen-bond donors (Lipinski definition) is 1. The molecule has 0 fully saturated rings. The number of benzene rings is 2. The number of halogens is 6. The minimum atomic E-state index is -0.874.